The van der Waals surface area contributed by atoms with E-state index in [1.165, 1.54) is 24.3 Å². The summed E-state index contributed by atoms with van der Waals surface area (Å²) in [6, 6.07) is 11.4. The highest BCUT2D eigenvalue weighted by Crippen LogP contribution is 2.15. The maximum Gasteiger partial charge on any atom is 0.314 e. The van der Waals surface area contributed by atoms with Gasteiger partial charge in [0.2, 0.25) is 0 Å². The molecule has 2 rings (SSSR count). The predicted octanol–water partition coefficient (Wildman–Crippen LogP) is 2.24. The van der Waals surface area contributed by atoms with E-state index in [-0.39, 0.29) is 25.5 Å². The number of benzene rings is 2. The van der Waals surface area contributed by atoms with E-state index in [0.717, 1.165) is 0 Å². The zero-order valence-electron chi connectivity index (χ0n) is 13.8. The summed E-state index contributed by atoms with van der Waals surface area (Å²) in [5.74, 6) is -0.772. The fourth-order valence-electron chi connectivity index (χ4n) is 2.11. The van der Waals surface area contributed by atoms with Crippen molar-refractivity contribution in [3.63, 3.8) is 0 Å². The zero-order chi connectivity index (χ0) is 18.9. The van der Waals surface area contributed by atoms with Crippen molar-refractivity contribution in [3.8, 4) is 0 Å². The first-order valence-electron chi connectivity index (χ1n) is 7.94. The highest BCUT2D eigenvalue weighted by atomic mass is 35.5. The number of halogens is 2. The van der Waals surface area contributed by atoms with Crippen LogP contribution in [0, 0.1) is 5.82 Å². The number of hydrogen-bond acceptors (Lipinski definition) is 3. The lowest BCUT2D eigenvalue weighted by Gasteiger charge is -2.13. The minimum Gasteiger partial charge on any atom is -0.387 e. The quantitative estimate of drug-likeness (QED) is 0.556. The number of hydrogen-bond donors (Lipinski definition) is 4. The molecule has 0 heterocycles. The Bertz CT molecular complexity index is 738. The molecule has 0 saturated heterocycles. The third-order valence-corrected chi connectivity index (χ3v) is 3.77. The van der Waals surface area contributed by atoms with Gasteiger partial charge in [0, 0.05) is 30.2 Å². The highest BCUT2D eigenvalue weighted by molar-refractivity contribution is 6.30. The number of carbonyl (C=O) groups is 2. The first-order valence-corrected chi connectivity index (χ1v) is 8.32. The van der Waals surface area contributed by atoms with Crippen LogP contribution >= 0.6 is 11.6 Å². The Morgan fingerprint density at radius 1 is 0.962 bits per heavy atom. The molecule has 0 aromatic heterocycles. The minimum absolute atomic E-state index is 0.0371. The minimum atomic E-state index is -0.851. The lowest BCUT2D eigenvalue weighted by atomic mass is 10.1. The van der Waals surface area contributed by atoms with Crippen LogP contribution < -0.4 is 16.0 Å². The van der Waals surface area contributed by atoms with Gasteiger partial charge in [-0.2, -0.15) is 0 Å². The predicted molar refractivity (Wildman–Crippen MR) is 96.5 cm³/mol. The summed E-state index contributed by atoms with van der Waals surface area (Å²) >= 11 is 5.78. The molecule has 0 aliphatic carbocycles. The molecule has 0 fully saturated rings. The lowest BCUT2D eigenvalue weighted by Crippen LogP contribution is -2.41. The fourth-order valence-corrected chi connectivity index (χ4v) is 2.24. The summed E-state index contributed by atoms with van der Waals surface area (Å²) in [5.41, 5.74) is 0.975. The van der Waals surface area contributed by atoms with Crippen LogP contribution in [0.25, 0.3) is 0 Å². The monoisotopic (exact) mass is 379 g/mol. The van der Waals surface area contributed by atoms with Crippen molar-refractivity contribution in [2.45, 2.75) is 6.10 Å². The van der Waals surface area contributed by atoms with Crippen LogP contribution in [-0.2, 0) is 0 Å². The van der Waals surface area contributed by atoms with Crippen LogP contribution in [0.1, 0.15) is 22.0 Å². The molecule has 0 spiro atoms. The van der Waals surface area contributed by atoms with E-state index >= 15 is 0 Å². The molecule has 6 nitrogen and oxygen atoms in total. The molecule has 0 bridgehead atoms. The molecule has 1 unspecified atom stereocenters. The van der Waals surface area contributed by atoms with E-state index in [0.29, 0.717) is 16.1 Å². The molecule has 2 aromatic rings. The van der Waals surface area contributed by atoms with E-state index in [1.54, 1.807) is 24.3 Å². The van der Waals surface area contributed by atoms with E-state index in [9.17, 15) is 19.1 Å². The van der Waals surface area contributed by atoms with Gasteiger partial charge in [0.15, 0.2) is 0 Å². The van der Waals surface area contributed by atoms with Crippen molar-refractivity contribution in [3.05, 3.63) is 70.5 Å². The molecular weight excluding hydrogens is 361 g/mol. The van der Waals surface area contributed by atoms with Crippen molar-refractivity contribution < 1.29 is 19.1 Å². The second-order valence-electron chi connectivity index (χ2n) is 5.47. The Morgan fingerprint density at radius 2 is 1.58 bits per heavy atom. The molecule has 138 valence electrons. The molecule has 8 heteroatoms. The maximum absolute atomic E-state index is 12.8. The Hall–Kier alpha value is -2.64. The largest absolute Gasteiger partial charge is 0.387 e. The van der Waals surface area contributed by atoms with Crippen molar-refractivity contribution in [2.24, 2.45) is 0 Å². The van der Waals surface area contributed by atoms with Gasteiger partial charge in [-0.05, 0) is 42.0 Å². The van der Waals surface area contributed by atoms with Gasteiger partial charge >= 0.3 is 6.03 Å². The van der Waals surface area contributed by atoms with Gasteiger partial charge in [-0.3, -0.25) is 4.79 Å². The second-order valence-corrected chi connectivity index (χ2v) is 5.90. The van der Waals surface area contributed by atoms with E-state index in [1.807, 2.05) is 0 Å². The SMILES string of the molecule is O=C(NCCNC(=O)c1ccc(F)cc1)NCC(O)c1ccc(Cl)cc1. The molecule has 1 atom stereocenters. The molecule has 0 radical (unpaired) electrons. The number of amides is 3. The van der Waals surface area contributed by atoms with Gasteiger partial charge in [-0.25, -0.2) is 9.18 Å². The maximum atomic E-state index is 12.8. The van der Waals surface area contributed by atoms with E-state index in [4.69, 9.17) is 11.6 Å². The van der Waals surface area contributed by atoms with Gasteiger partial charge in [0.05, 0.1) is 6.10 Å². The molecule has 3 amide bonds. The lowest BCUT2D eigenvalue weighted by molar-refractivity contribution is 0.0954. The molecule has 0 aliphatic heterocycles. The smallest absolute Gasteiger partial charge is 0.314 e. The number of rotatable bonds is 7. The summed E-state index contributed by atoms with van der Waals surface area (Å²) in [5, 5.41) is 18.2. The Balaban J connectivity index is 1.63. The van der Waals surface area contributed by atoms with Gasteiger partial charge in [0.1, 0.15) is 5.82 Å². The van der Waals surface area contributed by atoms with Gasteiger partial charge < -0.3 is 21.1 Å². The molecular formula is C18H19ClFN3O3. The summed E-state index contributed by atoms with van der Waals surface area (Å²) in [6.45, 7) is 0.453. The first-order chi connectivity index (χ1) is 12.5. The van der Waals surface area contributed by atoms with Crippen LogP contribution in [0.5, 0.6) is 0 Å². The number of carbonyl (C=O) groups excluding carboxylic acids is 2. The Morgan fingerprint density at radius 3 is 2.23 bits per heavy atom. The van der Waals surface area contributed by atoms with Crippen LogP contribution in [0.4, 0.5) is 9.18 Å². The first kappa shape index (κ1) is 19.7. The van der Waals surface area contributed by atoms with E-state index in [2.05, 4.69) is 16.0 Å². The topological polar surface area (TPSA) is 90.5 Å². The van der Waals surface area contributed by atoms with Crippen LogP contribution in [0.3, 0.4) is 0 Å². The number of aliphatic hydroxyl groups is 1. The molecule has 2 aromatic carbocycles. The van der Waals surface area contributed by atoms with Crippen molar-refractivity contribution in [2.75, 3.05) is 19.6 Å². The third kappa shape index (κ3) is 6.34. The molecule has 0 aliphatic rings. The van der Waals surface area contributed by atoms with Crippen LogP contribution in [0.2, 0.25) is 5.02 Å². The third-order valence-electron chi connectivity index (χ3n) is 3.51. The molecule has 26 heavy (non-hydrogen) atoms. The van der Waals surface area contributed by atoms with Crippen molar-refractivity contribution in [1.82, 2.24) is 16.0 Å². The van der Waals surface area contributed by atoms with Crippen LogP contribution in [0.15, 0.2) is 48.5 Å². The molecule has 0 saturated carbocycles. The van der Waals surface area contributed by atoms with Gasteiger partial charge in [-0.1, -0.05) is 23.7 Å². The fraction of sp³-hybridized carbons (Fsp3) is 0.222. The van der Waals surface area contributed by atoms with Crippen molar-refractivity contribution >= 4 is 23.5 Å². The van der Waals surface area contributed by atoms with Gasteiger partial charge in [-0.15, -0.1) is 0 Å². The highest BCUT2D eigenvalue weighted by Gasteiger charge is 2.09. The average Bonchev–Trinajstić information content (AvgIpc) is 2.64. The van der Waals surface area contributed by atoms with Crippen LogP contribution in [-0.4, -0.2) is 36.7 Å². The standard InChI is InChI=1S/C18H19ClFN3O3/c19-14-5-1-12(2-6-14)16(24)11-23-18(26)22-10-9-21-17(25)13-3-7-15(20)8-4-13/h1-8,16,24H,9-11H2,(H,21,25)(H2,22,23,26). The average molecular weight is 380 g/mol. The van der Waals surface area contributed by atoms with Gasteiger partial charge in [0.25, 0.3) is 5.91 Å². The van der Waals surface area contributed by atoms with Crippen molar-refractivity contribution in [1.29, 1.82) is 0 Å². The normalized spacial score (nSPS) is 11.5. The molecule has 4 N–H and O–H groups in total. The number of aliphatic hydroxyl groups excluding tert-OH is 1. The zero-order valence-corrected chi connectivity index (χ0v) is 14.6. The second kappa shape index (κ2) is 9.74. The summed E-state index contributed by atoms with van der Waals surface area (Å²) in [7, 11) is 0. The number of nitrogens with one attached hydrogen (secondary N) is 3. The summed E-state index contributed by atoms with van der Waals surface area (Å²) in [6.07, 6.45) is -0.851. The van der Waals surface area contributed by atoms with E-state index < -0.39 is 18.0 Å². The summed E-state index contributed by atoms with van der Waals surface area (Å²) < 4.78 is 12.8. The number of urea groups is 1. The Kier molecular flexibility index (Phi) is 7.37. The Labute approximate surface area is 155 Å². The summed E-state index contributed by atoms with van der Waals surface area (Å²) in [4.78, 5) is 23.5.